The fourth-order valence-electron chi connectivity index (χ4n) is 5.92. The van der Waals surface area contributed by atoms with Gasteiger partial charge in [0.05, 0.1) is 29.1 Å². The molecule has 0 spiro atoms. The largest absolute Gasteiger partial charge is 0.416 e. The molecule has 3 heterocycles. The van der Waals surface area contributed by atoms with Crippen molar-refractivity contribution in [2.24, 2.45) is 11.8 Å². The van der Waals surface area contributed by atoms with E-state index in [-0.39, 0.29) is 5.69 Å². The molecular formula is C29H21ClF3N3O3. The number of carbonyl (C=O) groups is 3. The van der Waals surface area contributed by atoms with Gasteiger partial charge in [0.1, 0.15) is 6.04 Å². The Morgan fingerprint density at radius 2 is 1.67 bits per heavy atom. The Morgan fingerprint density at radius 1 is 0.949 bits per heavy atom. The zero-order valence-corrected chi connectivity index (χ0v) is 21.2. The number of amides is 3. The number of benzene rings is 3. The maximum atomic E-state index is 14.0. The van der Waals surface area contributed by atoms with Crippen LogP contribution in [0.1, 0.15) is 28.3 Å². The first-order valence-corrected chi connectivity index (χ1v) is 12.6. The first-order chi connectivity index (χ1) is 18.6. The Labute approximate surface area is 226 Å². The van der Waals surface area contributed by atoms with Crippen molar-refractivity contribution in [1.29, 1.82) is 0 Å². The van der Waals surface area contributed by atoms with E-state index in [1.807, 2.05) is 24.3 Å². The van der Waals surface area contributed by atoms with Gasteiger partial charge in [-0.15, -0.1) is 0 Å². The smallest absolute Gasteiger partial charge is 0.357 e. The number of anilines is 2. The van der Waals surface area contributed by atoms with Crippen molar-refractivity contribution in [1.82, 2.24) is 4.90 Å². The van der Waals surface area contributed by atoms with Gasteiger partial charge in [0.25, 0.3) is 0 Å². The third kappa shape index (κ3) is 3.91. The van der Waals surface area contributed by atoms with Crippen molar-refractivity contribution in [3.63, 3.8) is 0 Å². The number of fused-ring (bicyclic) bond motifs is 5. The van der Waals surface area contributed by atoms with Crippen molar-refractivity contribution in [3.05, 3.63) is 100 Å². The molecular weight excluding hydrogens is 531 g/mol. The fraction of sp³-hybridized carbons (Fsp3) is 0.207. The summed E-state index contributed by atoms with van der Waals surface area (Å²) in [6.07, 6.45) is -1.12. The normalized spacial score (nSPS) is 23.5. The molecule has 6 rings (SSSR count). The highest BCUT2D eigenvalue weighted by Crippen LogP contribution is 2.53. The van der Waals surface area contributed by atoms with Crippen LogP contribution in [0, 0.1) is 18.8 Å². The van der Waals surface area contributed by atoms with Crippen LogP contribution in [0.15, 0.2) is 72.9 Å². The zero-order chi connectivity index (χ0) is 27.6. The first kappa shape index (κ1) is 25.2. The molecule has 0 aliphatic carbocycles. The van der Waals surface area contributed by atoms with Crippen molar-refractivity contribution in [2.45, 2.75) is 25.2 Å². The Hall–Kier alpha value is -4.11. The number of nitrogens with one attached hydrogen (secondary N) is 1. The maximum absolute atomic E-state index is 14.0. The van der Waals surface area contributed by atoms with Crippen molar-refractivity contribution in [2.75, 3.05) is 10.2 Å². The van der Waals surface area contributed by atoms with Crippen LogP contribution >= 0.6 is 11.6 Å². The average molecular weight is 552 g/mol. The van der Waals surface area contributed by atoms with Gasteiger partial charge in [-0.25, -0.2) is 4.90 Å². The van der Waals surface area contributed by atoms with Gasteiger partial charge < -0.3 is 10.2 Å². The predicted molar refractivity (Wildman–Crippen MR) is 140 cm³/mol. The van der Waals surface area contributed by atoms with Gasteiger partial charge in [-0.05, 0) is 60.0 Å². The minimum atomic E-state index is -4.59. The van der Waals surface area contributed by atoms with Crippen molar-refractivity contribution in [3.8, 4) is 0 Å². The monoisotopic (exact) mass is 551 g/mol. The zero-order valence-electron chi connectivity index (χ0n) is 20.4. The molecule has 2 saturated heterocycles. The molecule has 6 nitrogen and oxygen atoms in total. The molecule has 2 fully saturated rings. The van der Waals surface area contributed by atoms with E-state index in [1.165, 1.54) is 12.1 Å². The quantitative estimate of drug-likeness (QED) is 0.416. The molecule has 0 radical (unpaired) electrons. The summed E-state index contributed by atoms with van der Waals surface area (Å²) in [5, 5.41) is 2.94. The summed E-state index contributed by atoms with van der Waals surface area (Å²) >= 11 is 6.29. The van der Waals surface area contributed by atoms with Gasteiger partial charge in [0.2, 0.25) is 17.7 Å². The topological polar surface area (TPSA) is 69.7 Å². The summed E-state index contributed by atoms with van der Waals surface area (Å²) in [5.74, 6) is -3.65. The van der Waals surface area contributed by atoms with Crippen LogP contribution in [0.25, 0.3) is 6.08 Å². The number of rotatable bonds is 3. The standard InChI is InChI=1S/C29H21ClF3N3O3/c1-15-20(30)10-5-11-21(15)36-27(38)22-23(28(36)39)25(35-13-12-16-6-2-3-9-19(16)24(22)35)26(37)34-18-8-4-7-17(14-18)29(31,32)33/h2-14,22-25H,1H3,(H,34,37)/t22-,23+,24?,25-/m0/s1. The summed E-state index contributed by atoms with van der Waals surface area (Å²) < 4.78 is 39.8. The second kappa shape index (κ2) is 8.98. The molecule has 3 aromatic rings. The van der Waals surface area contributed by atoms with Crippen LogP contribution in [0.3, 0.4) is 0 Å². The van der Waals surface area contributed by atoms with Crippen LogP contribution in [-0.4, -0.2) is 28.7 Å². The highest BCUT2D eigenvalue weighted by molar-refractivity contribution is 6.32. The number of imide groups is 1. The molecule has 10 heteroatoms. The van der Waals surface area contributed by atoms with E-state index in [1.54, 1.807) is 42.3 Å². The Morgan fingerprint density at radius 3 is 2.44 bits per heavy atom. The molecule has 0 bridgehead atoms. The Balaban J connectivity index is 1.43. The first-order valence-electron chi connectivity index (χ1n) is 12.2. The molecule has 0 saturated carbocycles. The molecule has 3 aliphatic rings. The summed E-state index contributed by atoms with van der Waals surface area (Å²) in [7, 11) is 0. The minimum Gasteiger partial charge on any atom is -0.357 e. The van der Waals surface area contributed by atoms with Crippen LogP contribution in [-0.2, 0) is 20.6 Å². The third-order valence-electron chi connectivity index (χ3n) is 7.67. The highest BCUT2D eigenvalue weighted by atomic mass is 35.5. The van der Waals surface area contributed by atoms with E-state index >= 15 is 0 Å². The highest BCUT2D eigenvalue weighted by Gasteiger charge is 2.64. The summed E-state index contributed by atoms with van der Waals surface area (Å²) in [6, 6.07) is 14.9. The van der Waals surface area contributed by atoms with E-state index in [0.717, 1.165) is 28.2 Å². The van der Waals surface area contributed by atoms with Gasteiger partial charge in [0.15, 0.2) is 0 Å². The molecule has 198 valence electrons. The molecule has 0 aromatic heterocycles. The van der Waals surface area contributed by atoms with Crippen molar-refractivity contribution >= 4 is 46.8 Å². The van der Waals surface area contributed by atoms with Gasteiger partial charge in [-0.3, -0.25) is 14.4 Å². The number of hydrogen-bond acceptors (Lipinski definition) is 4. The van der Waals surface area contributed by atoms with Crippen LogP contribution in [0.2, 0.25) is 5.02 Å². The fourth-order valence-corrected chi connectivity index (χ4v) is 6.09. The lowest BCUT2D eigenvalue weighted by Crippen LogP contribution is -2.46. The van der Waals surface area contributed by atoms with E-state index in [9.17, 15) is 27.6 Å². The maximum Gasteiger partial charge on any atom is 0.416 e. The lowest BCUT2D eigenvalue weighted by atomic mass is 9.84. The van der Waals surface area contributed by atoms with Gasteiger partial charge in [0, 0.05) is 16.9 Å². The number of halogens is 4. The second-order valence-electron chi connectivity index (χ2n) is 9.80. The van der Waals surface area contributed by atoms with E-state index in [0.29, 0.717) is 16.3 Å². The summed E-state index contributed by atoms with van der Waals surface area (Å²) in [6.45, 7) is 1.70. The number of nitrogens with zero attached hydrogens (tertiary/aromatic N) is 2. The van der Waals surface area contributed by atoms with Crippen LogP contribution in [0.5, 0.6) is 0 Å². The molecule has 4 atom stereocenters. The van der Waals surface area contributed by atoms with Gasteiger partial charge in [-0.2, -0.15) is 13.2 Å². The number of carbonyl (C=O) groups excluding carboxylic acids is 3. The third-order valence-corrected chi connectivity index (χ3v) is 8.08. The van der Waals surface area contributed by atoms with Crippen LogP contribution < -0.4 is 10.2 Å². The average Bonchev–Trinajstić information content (AvgIpc) is 3.38. The molecule has 39 heavy (non-hydrogen) atoms. The molecule has 1 unspecified atom stereocenters. The predicted octanol–water partition coefficient (Wildman–Crippen LogP) is 5.82. The van der Waals surface area contributed by atoms with Gasteiger partial charge >= 0.3 is 6.18 Å². The summed E-state index contributed by atoms with van der Waals surface area (Å²) in [5.41, 5.74) is 1.56. The summed E-state index contributed by atoms with van der Waals surface area (Å²) in [4.78, 5) is 44.4. The number of hydrogen-bond donors (Lipinski definition) is 1. The van der Waals surface area contributed by atoms with Crippen molar-refractivity contribution < 1.29 is 27.6 Å². The lowest BCUT2D eigenvalue weighted by Gasteiger charge is -2.35. The molecule has 3 amide bonds. The lowest BCUT2D eigenvalue weighted by molar-refractivity contribution is -0.137. The Bertz CT molecular complexity index is 1570. The van der Waals surface area contributed by atoms with E-state index in [2.05, 4.69) is 5.32 Å². The minimum absolute atomic E-state index is 0.0597. The molecule has 3 aromatic carbocycles. The molecule has 1 N–H and O–H groups in total. The van der Waals surface area contributed by atoms with E-state index < -0.39 is 53.4 Å². The molecule has 3 aliphatic heterocycles. The second-order valence-corrected chi connectivity index (χ2v) is 10.2. The SMILES string of the molecule is Cc1c(Cl)cccc1N1C(=O)[C@@H]2[C@H](C1=O)C1c3ccccc3C=CN1[C@@H]2C(=O)Nc1cccc(C(F)(F)F)c1. The van der Waals surface area contributed by atoms with Crippen LogP contribution in [0.4, 0.5) is 24.5 Å². The van der Waals surface area contributed by atoms with E-state index in [4.69, 9.17) is 11.6 Å². The Kier molecular flexibility index (Phi) is 5.80. The number of alkyl halides is 3. The van der Waals surface area contributed by atoms with Gasteiger partial charge in [-0.1, -0.05) is 48.0 Å².